The van der Waals surface area contributed by atoms with E-state index in [9.17, 15) is 9.59 Å². The number of ether oxygens (including phenoxy) is 1. The molecule has 1 aromatic rings. The van der Waals surface area contributed by atoms with Gasteiger partial charge in [0, 0.05) is 26.6 Å². The van der Waals surface area contributed by atoms with Gasteiger partial charge in [0.2, 0.25) is 11.8 Å². The quantitative estimate of drug-likeness (QED) is 0.754. The molecule has 1 aliphatic rings. The molecule has 1 saturated heterocycles. The van der Waals surface area contributed by atoms with Crippen LogP contribution in [0.3, 0.4) is 0 Å². The topological polar surface area (TPSA) is 65.1 Å². The minimum absolute atomic E-state index is 0.0697. The van der Waals surface area contributed by atoms with Crippen molar-refractivity contribution in [1.82, 2.24) is 9.80 Å². The van der Waals surface area contributed by atoms with Crippen molar-refractivity contribution in [2.45, 2.75) is 13.3 Å². The second-order valence-corrected chi connectivity index (χ2v) is 6.76. The first-order chi connectivity index (χ1) is 12.5. The Hall–Kier alpha value is -2.12. The SMILES string of the molecule is CC(=O)N(CCCN(C)C)CC(=O)Nc1ccccc1N1CCOCC1. The first kappa shape index (κ1) is 20.2. The fourth-order valence-corrected chi connectivity index (χ4v) is 2.95. The maximum Gasteiger partial charge on any atom is 0.244 e. The molecular weight excluding hydrogens is 332 g/mol. The minimum Gasteiger partial charge on any atom is -0.378 e. The Morgan fingerprint density at radius 2 is 1.85 bits per heavy atom. The summed E-state index contributed by atoms with van der Waals surface area (Å²) in [7, 11) is 3.99. The predicted molar refractivity (Wildman–Crippen MR) is 104 cm³/mol. The monoisotopic (exact) mass is 362 g/mol. The van der Waals surface area contributed by atoms with Gasteiger partial charge in [-0.05, 0) is 39.2 Å². The molecule has 7 heteroatoms. The summed E-state index contributed by atoms with van der Waals surface area (Å²) in [6.07, 6.45) is 0.838. The molecule has 0 saturated carbocycles. The highest BCUT2D eigenvalue weighted by molar-refractivity contribution is 5.97. The minimum atomic E-state index is -0.175. The lowest BCUT2D eigenvalue weighted by atomic mass is 10.2. The third-order valence-electron chi connectivity index (χ3n) is 4.34. The summed E-state index contributed by atoms with van der Waals surface area (Å²) in [5.41, 5.74) is 1.77. The summed E-state index contributed by atoms with van der Waals surface area (Å²) in [4.78, 5) is 30.2. The van der Waals surface area contributed by atoms with Crippen molar-refractivity contribution in [2.75, 3.05) is 70.2 Å². The molecule has 1 aromatic carbocycles. The standard InChI is InChI=1S/C19H30N4O3/c1-16(24)23(10-6-9-21(2)3)15-19(25)20-17-7-4-5-8-18(17)22-11-13-26-14-12-22/h4-5,7-8H,6,9-15H2,1-3H3,(H,20,25). The summed E-state index contributed by atoms with van der Waals surface area (Å²) in [5.74, 6) is -0.258. The van der Waals surface area contributed by atoms with Crippen molar-refractivity contribution in [1.29, 1.82) is 0 Å². The fraction of sp³-hybridized carbons (Fsp3) is 0.579. The van der Waals surface area contributed by atoms with E-state index in [4.69, 9.17) is 4.74 Å². The van der Waals surface area contributed by atoms with E-state index in [1.165, 1.54) is 6.92 Å². The molecule has 0 atom stereocenters. The molecule has 0 aromatic heterocycles. The van der Waals surface area contributed by atoms with Crippen LogP contribution in [0.15, 0.2) is 24.3 Å². The Balaban J connectivity index is 1.96. The molecule has 1 N–H and O–H groups in total. The van der Waals surface area contributed by atoms with Crippen LogP contribution in [0.4, 0.5) is 11.4 Å². The van der Waals surface area contributed by atoms with Gasteiger partial charge in [-0.2, -0.15) is 0 Å². The zero-order valence-electron chi connectivity index (χ0n) is 16.0. The number of carbonyl (C=O) groups excluding carboxylic acids is 2. The first-order valence-electron chi connectivity index (χ1n) is 9.09. The summed E-state index contributed by atoms with van der Waals surface area (Å²) >= 11 is 0. The Bertz CT molecular complexity index is 600. The summed E-state index contributed by atoms with van der Waals surface area (Å²) < 4.78 is 5.40. The van der Waals surface area contributed by atoms with E-state index < -0.39 is 0 Å². The van der Waals surface area contributed by atoms with Crippen molar-refractivity contribution >= 4 is 23.2 Å². The summed E-state index contributed by atoms with van der Waals surface area (Å²) in [6.45, 7) is 6.01. The highest BCUT2D eigenvalue weighted by atomic mass is 16.5. The van der Waals surface area contributed by atoms with Gasteiger partial charge in [0.15, 0.2) is 0 Å². The van der Waals surface area contributed by atoms with Crippen LogP contribution in [-0.4, -0.2) is 81.6 Å². The van der Waals surface area contributed by atoms with E-state index in [0.29, 0.717) is 19.8 Å². The number of anilines is 2. The maximum absolute atomic E-state index is 12.5. The number of hydrogen-bond acceptors (Lipinski definition) is 5. The zero-order valence-corrected chi connectivity index (χ0v) is 16.0. The molecule has 2 rings (SSSR count). The average molecular weight is 362 g/mol. The van der Waals surface area contributed by atoms with E-state index >= 15 is 0 Å². The van der Waals surface area contributed by atoms with Crippen molar-refractivity contribution < 1.29 is 14.3 Å². The summed E-state index contributed by atoms with van der Waals surface area (Å²) in [5, 5.41) is 2.97. The van der Waals surface area contributed by atoms with E-state index in [-0.39, 0.29) is 18.4 Å². The Kier molecular flexibility index (Phi) is 7.87. The van der Waals surface area contributed by atoms with Crippen LogP contribution in [0, 0.1) is 0 Å². The van der Waals surface area contributed by atoms with Gasteiger partial charge in [-0.15, -0.1) is 0 Å². The lowest BCUT2D eigenvalue weighted by Crippen LogP contribution is -2.39. The van der Waals surface area contributed by atoms with Crippen LogP contribution >= 0.6 is 0 Å². The van der Waals surface area contributed by atoms with Gasteiger partial charge >= 0.3 is 0 Å². The van der Waals surface area contributed by atoms with Gasteiger partial charge in [-0.25, -0.2) is 0 Å². The van der Waals surface area contributed by atoms with Crippen LogP contribution in [-0.2, 0) is 14.3 Å². The Morgan fingerprint density at radius 3 is 2.50 bits per heavy atom. The molecule has 1 aliphatic heterocycles. The van der Waals surface area contributed by atoms with Gasteiger partial charge in [-0.1, -0.05) is 12.1 Å². The number of nitrogens with one attached hydrogen (secondary N) is 1. The lowest BCUT2D eigenvalue weighted by Gasteiger charge is -2.30. The van der Waals surface area contributed by atoms with Gasteiger partial charge < -0.3 is 24.8 Å². The van der Waals surface area contributed by atoms with Crippen LogP contribution in [0.2, 0.25) is 0 Å². The third kappa shape index (κ3) is 6.31. The largest absolute Gasteiger partial charge is 0.378 e. The van der Waals surface area contributed by atoms with E-state index in [2.05, 4.69) is 15.1 Å². The fourth-order valence-electron chi connectivity index (χ4n) is 2.95. The Labute approximate surface area is 155 Å². The zero-order chi connectivity index (χ0) is 18.9. The van der Waals surface area contributed by atoms with Crippen molar-refractivity contribution in [3.05, 3.63) is 24.3 Å². The van der Waals surface area contributed by atoms with E-state index in [0.717, 1.165) is 37.4 Å². The second-order valence-electron chi connectivity index (χ2n) is 6.76. The number of rotatable bonds is 8. The smallest absolute Gasteiger partial charge is 0.244 e. The molecule has 7 nitrogen and oxygen atoms in total. The van der Waals surface area contributed by atoms with Gasteiger partial charge in [0.05, 0.1) is 31.1 Å². The molecule has 2 amide bonds. The average Bonchev–Trinajstić information content (AvgIpc) is 2.61. The third-order valence-corrected chi connectivity index (χ3v) is 4.34. The van der Waals surface area contributed by atoms with Crippen molar-refractivity contribution in [3.8, 4) is 0 Å². The molecule has 0 radical (unpaired) electrons. The molecule has 144 valence electrons. The van der Waals surface area contributed by atoms with Crippen LogP contribution in [0.5, 0.6) is 0 Å². The van der Waals surface area contributed by atoms with E-state index in [1.54, 1.807) is 4.90 Å². The van der Waals surface area contributed by atoms with Gasteiger partial charge in [-0.3, -0.25) is 9.59 Å². The van der Waals surface area contributed by atoms with Crippen LogP contribution in [0.25, 0.3) is 0 Å². The number of para-hydroxylation sites is 2. The summed E-state index contributed by atoms with van der Waals surface area (Å²) in [6, 6.07) is 7.76. The highest BCUT2D eigenvalue weighted by Crippen LogP contribution is 2.26. The molecule has 26 heavy (non-hydrogen) atoms. The van der Waals surface area contributed by atoms with Crippen LogP contribution in [0.1, 0.15) is 13.3 Å². The second kappa shape index (κ2) is 10.1. The number of morpholine rings is 1. The normalized spacial score (nSPS) is 14.4. The maximum atomic E-state index is 12.5. The number of nitrogens with zero attached hydrogens (tertiary/aromatic N) is 3. The van der Waals surface area contributed by atoms with Crippen molar-refractivity contribution in [3.63, 3.8) is 0 Å². The first-order valence-corrected chi connectivity index (χ1v) is 9.09. The van der Waals surface area contributed by atoms with Gasteiger partial charge in [0.25, 0.3) is 0 Å². The lowest BCUT2D eigenvalue weighted by molar-refractivity contribution is -0.132. The molecule has 0 aliphatic carbocycles. The van der Waals surface area contributed by atoms with E-state index in [1.807, 2.05) is 38.4 Å². The highest BCUT2D eigenvalue weighted by Gasteiger charge is 2.18. The molecular formula is C19H30N4O3. The van der Waals surface area contributed by atoms with Crippen LogP contribution < -0.4 is 10.2 Å². The number of amides is 2. The Morgan fingerprint density at radius 1 is 1.15 bits per heavy atom. The predicted octanol–water partition coefficient (Wildman–Crippen LogP) is 1.26. The van der Waals surface area contributed by atoms with Gasteiger partial charge in [0.1, 0.15) is 0 Å². The van der Waals surface area contributed by atoms with Crippen molar-refractivity contribution in [2.24, 2.45) is 0 Å². The number of benzene rings is 1. The number of carbonyl (C=O) groups is 2. The molecule has 0 unspecified atom stereocenters. The molecule has 0 spiro atoms. The number of hydrogen-bond donors (Lipinski definition) is 1. The molecule has 0 bridgehead atoms. The molecule has 1 heterocycles. The molecule has 1 fully saturated rings.